The van der Waals surface area contributed by atoms with E-state index >= 15 is 0 Å². The second kappa shape index (κ2) is 11.1. The van der Waals surface area contributed by atoms with Gasteiger partial charge in [0.15, 0.2) is 22.5 Å². The molecule has 0 saturated heterocycles. The highest BCUT2D eigenvalue weighted by molar-refractivity contribution is 7.89. The molecular weight excluding hydrogens is 477 g/mol. The van der Waals surface area contributed by atoms with Crippen molar-refractivity contribution < 1.29 is 17.7 Å². The molecule has 2 rings (SSSR count). The van der Waals surface area contributed by atoms with Crippen LogP contribution in [0.1, 0.15) is 23.3 Å². The molecule has 176 valence electrons. The van der Waals surface area contributed by atoms with E-state index < -0.39 is 15.9 Å². The number of anilines is 2. The van der Waals surface area contributed by atoms with Gasteiger partial charge >= 0.3 is 0 Å². The number of hydrogen-bond acceptors (Lipinski definition) is 7. The summed E-state index contributed by atoms with van der Waals surface area (Å²) in [5.74, 6) is -0.596. The zero-order valence-corrected chi connectivity index (χ0v) is 20.3. The molecule has 32 heavy (non-hydrogen) atoms. The van der Waals surface area contributed by atoms with Gasteiger partial charge in [0.1, 0.15) is 0 Å². The smallest absolute Gasteiger partial charge is 0.273 e. The fraction of sp³-hybridized carbons (Fsp3) is 0.421. The number of benzene rings is 1. The number of halogens is 2. The van der Waals surface area contributed by atoms with Gasteiger partial charge in [-0.25, -0.2) is 23.1 Å². The van der Waals surface area contributed by atoms with Crippen molar-refractivity contribution in [1.29, 1.82) is 0 Å². The van der Waals surface area contributed by atoms with E-state index in [1.165, 1.54) is 24.3 Å². The van der Waals surface area contributed by atoms with E-state index in [1.54, 1.807) is 0 Å². The summed E-state index contributed by atoms with van der Waals surface area (Å²) in [4.78, 5) is 20.1. The third-order valence-corrected chi connectivity index (χ3v) is 6.74. The van der Waals surface area contributed by atoms with Gasteiger partial charge in [-0.3, -0.25) is 4.79 Å². The monoisotopic (exact) mass is 504 g/mol. The van der Waals surface area contributed by atoms with Crippen molar-refractivity contribution in [2.45, 2.75) is 17.7 Å². The maximum atomic E-state index is 12.3. The number of nitrogens with zero attached hydrogens (tertiary/aromatic N) is 3. The van der Waals surface area contributed by atoms with Crippen molar-refractivity contribution in [2.75, 3.05) is 51.7 Å². The summed E-state index contributed by atoms with van der Waals surface area (Å²) in [6.07, 6.45) is 1.48. The second-order valence-corrected chi connectivity index (χ2v) is 10.4. The molecule has 6 N–H and O–H groups in total. The molecule has 1 aromatic heterocycles. The lowest BCUT2D eigenvalue weighted by molar-refractivity contribution is -0.889. The van der Waals surface area contributed by atoms with Crippen molar-refractivity contribution in [2.24, 2.45) is 0 Å². The Bertz CT molecular complexity index is 1050. The summed E-state index contributed by atoms with van der Waals surface area (Å²) >= 11 is 11.6. The van der Waals surface area contributed by atoms with E-state index in [4.69, 9.17) is 34.7 Å². The highest BCUT2D eigenvalue weighted by atomic mass is 35.5. The maximum absolute atomic E-state index is 12.3. The molecule has 1 heterocycles. The Balaban J connectivity index is 1.72. The van der Waals surface area contributed by atoms with Gasteiger partial charge in [-0.15, -0.1) is 0 Å². The minimum absolute atomic E-state index is 0.0334. The number of hydrogen-bond donors (Lipinski definition) is 4. The van der Waals surface area contributed by atoms with Crippen LogP contribution in [0.4, 0.5) is 11.6 Å². The van der Waals surface area contributed by atoms with Crippen LogP contribution in [0.15, 0.2) is 29.2 Å². The van der Waals surface area contributed by atoms with E-state index in [0.717, 1.165) is 13.0 Å². The van der Waals surface area contributed by atoms with Gasteiger partial charge in [0, 0.05) is 11.6 Å². The summed E-state index contributed by atoms with van der Waals surface area (Å²) in [6, 6.07) is 6.02. The van der Waals surface area contributed by atoms with Gasteiger partial charge in [-0.2, -0.15) is 0 Å². The number of unbranched alkanes of at least 4 members (excludes halogenated alkanes) is 1. The Labute approximate surface area is 197 Å². The lowest BCUT2D eigenvalue weighted by Crippen LogP contribution is -2.46. The number of nitrogens with one attached hydrogen (secondary N) is 2. The molecule has 0 bridgehead atoms. The van der Waals surface area contributed by atoms with Crippen LogP contribution in [0.5, 0.6) is 0 Å². The van der Waals surface area contributed by atoms with Crippen LogP contribution < -0.4 is 21.5 Å². The van der Waals surface area contributed by atoms with Gasteiger partial charge < -0.3 is 21.3 Å². The lowest BCUT2D eigenvalue weighted by Gasteiger charge is -2.30. The van der Waals surface area contributed by atoms with Crippen molar-refractivity contribution in [3.05, 3.63) is 40.1 Å². The largest absolute Gasteiger partial charge is 0.382 e. The zero-order chi connectivity index (χ0) is 23.9. The molecule has 0 radical (unpaired) electrons. The zero-order valence-electron chi connectivity index (χ0n) is 17.9. The Hall–Kier alpha value is -2.18. The van der Waals surface area contributed by atoms with Crippen LogP contribution in [0.25, 0.3) is 0 Å². The number of amides is 1. The standard InChI is InChI=1S/C19H27Cl2N7O3S/c1-28(2,12-10-24-19(29)15-17(22)27-18(23)16(21)26-15)11-4-3-9-25-32(30,31)14-7-5-13(20)6-8-14/h5-8,25H,3-4,9-12H2,1-2H3,(H4-,22,23,24,27,29)/p+1. The summed E-state index contributed by atoms with van der Waals surface area (Å²) < 4.78 is 27.7. The maximum Gasteiger partial charge on any atom is 0.273 e. The first-order chi connectivity index (χ1) is 14.9. The number of aromatic nitrogens is 2. The fourth-order valence-corrected chi connectivity index (χ4v) is 4.17. The van der Waals surface area contributed by atoms with Crippen LogP contribution in [-0.2, 0) is 10.0 Å². The van der Waals surface area contributed by atoms with Crippen molar-refractivity contribution >= 4 is 50.8 Å². The fourth-order valence-electron chi connectivity index (χ4n) is 2.84. The molecule has 1 aromatic carbocycles. The minimum atomic E-state index is -3.55. The number of carbonyl (C=O) groups excluding carboxylic acids is 1. The number of quaternary nitrogens is 1. The Morgan fingerprint density at radius 3 is 2.31 bits per heavy atom. The van der Waals surface area contributed by atoms with Crippen LogP contribution >= 0.6 is 23.2 Å². The number of rotatable bonds is 11. The molecule has 0 aliphatic heterocycles. The van der Waals surface area contributed by atoms with Crippen LogP contribution in [0.2, 0.25) is 10.2 Å². The van der Waals surface area contributed by atoms with Crippen LogP contribution in [0, 0.1) is 0 Å². The quantitative estimate of drug-likeness (QED) is 0.267. The SMILES string of the molecule is C[N+](C)(CCCCNS(=O)(=O)c1ccc(Cl)cc1)CCNC(=O)c1nc(Cl)c(N)nc1N. The van der Waals surface area contributed by atoms with E-state index in [2.05, 4.69) is 20.0 Å². The van der Waals surface area contributed by atoms with E-state index in [-0.39, 0.29) is 27.4 Å². The number of sulfonamides is 1. The number of carbonyl (C=O) groups is 1. The lowest BCUT2D eigenvalue weighted by atomic mass is 10.2. The van der Waals surface area contributed by atoms with Gasteiger partial charge in [-0.05, 0) is 37.1 Å². The number of likely N-dealkylation sites (N-methyl/N-ethyl adjacent to an activating group) is 1. The molecule has 2 aromatic rings. The third kappa shape index (κ3) is 7.75. The molecule has 0 fully saturated rings. The van der Waals surface area contributed by atoms with E-state index in [9.17, 15) is 13.2 Å². The average molecular weight is 505 g/mol. The van der Waals surface area contributed by atoms with E-state index in [0.29, 0.717) is 35.6 Å². The molecule has 1 amide bonds. The van der Waals surface area contributed by atoms with E-state index in [1.807, 2.05) is 14.1 Å². The number of nitrogens with two attached hydrogens (primary N) is 2. The first-order valence-electron chi connectivity index (χ1n) is 9.85. The molecular formula is C19H28Cl2N7O3S+. The van der Waals surface area contributed by atoms with Gasteiger partial charge in [0.2, 0.25) is 10.0 Å². The van der Waals surface area contributed by atoms with Gasteiger partial charge in [-0.1, -0.05) is 23.2 Å². The molecule has 0 saturated carbocycles. The molecule has 0 atom stereocenters. The minimum Gasteiger partial charge on any atom is -0.382 e. The molecule has 13 heteroatoms. The molecule has 0 unspecified atom stereocenters. The van der Waals surface area contributed by atoms with Crippen molar-refractivity contribution in [3.8, 4) is 0 Å². The van der Waals surface area contributed by atoms with Crippen LogP contribution in [0.3, 0.4) is 0 Å². The second-order valence-electron chi connectivity index (χ2n) is 7.83. The highest BCUT2D eigenvalue weighted by Gasteiger charge is 2.19. The summed E-state index contributed by atoms with van der Waals surface area (Å²) in [7, 11) is 0.500. The van der Waals surface area contributed by atoms with Gasteiger partial charge in [0.05, 0.1) is 38.6 Å². The van der Waals surface area contributed by atoms with Crippen LogP contribution in [-0.4, -0.2) is 69.1 Å². The molecule has 0 spiro atoms. The molecule has 0 aliphatic rings. The number of nitrogen functional groups attached to an aromatic ring is 2. The third-order valence-electron chi connectivity index (χ3n) is 4.73. The topological polar surface area (TPSA) is 153 Å². The predicted octanol–water partition coefficient (Wildman–Crippen LogP) is 1.51. The molecule has 0 aliphatic carbocycles. The Morgan fingerprint density at radius 2 is 1.66 bits per heavy atom. The average Bonchev–Trinajstić information content (AvgIpc) is 2.70. The van der Waals surface area contributed by atoms with Gasteiger partial charge in [0.25, 0.3) is 5.91 Å². The Kier molecular flexibility index (Phi) is 9.05. The Morgan fingerprint density at radius 1 is 1.00 bits per heavy atom. The van der Waals surface area contributed by atoms with Crippen molar-refractivity contribution in [3.63, 3.8) is 0 Å². The highest BCUT2D eigenvalue weighted by Crippen LogP contribution is 2.17. The summed E-state index contributed by atoms with van der Waals surface area (Å²) in [5.41, 5.74) is 11.1. The van der Waals surface area contributed by atoms with Crippen molar-refractivity contribution in [1.82, 2.24) is 20.0 Å². The first-order valence-corrected chi connectivity index (χ1v) is 12.1. The summed E-state index contributed by atoms with van der Waals surface area (Å²) in [5, 5.41) is 3.15. The first kappa shape index (κ1) is 26.1. The molecule has 10 nitrogen and oxygen atoms in total. The summed E-state index contributed by atoms with van der Waals surface area (Å²) in [6.45, 7) is 2.17. The predicted molar refractivity (Wildman–Crippen MR) is 126 cm³/mol. The normalized spacial score (nSPS) is 12.0.